The SMILES string of the molecule is CCCC[C](=O)[Al]=[O].[O]=[Ti].[Ta]. The van der Waals surface area contributed by atoms with Crippen molar-refractivity contribution in [3.8, 4) is 0 Å². The van der Waals surface area contributed by atoms with Crippen molar-refractivity contribution in [2.45, 2.75) is 26.2 Å². The molecule has 11 heavy (non-hydrogen) atoms. The average Bonchev–Trinajstić information content (AvgIpc) is 2.04. The summed E-state index contributed by atoms with van der Waals surface area (Å²) in [5.74, 6) is 0. The summed E-state index contributed by atoms with van der Waals surface area (Å²) in [5, 5.41) is 0. The molecular formula is C5H9AlO3TaTi. The normalized spacial score (nSPS) is 6.18. The van der Waals surface area contributed by atoms with E-state index in [2.05, 4.69) is 0 Å². The predicted molar refractivity (Wildman–Crippen MR) is 31.7 cm³/mol. The zero-order valence-electron chi connectivity index (χ0n) is 6.37. The van der Waals surface area contributed by atoms with Crippen molar-refractivity contribution >= 4 is 19.8 Å². The van der Waals surface area contributed by atoms with Crippen LogP contribution in [0.1, 0.15) is 26.2 Å². The molecule has 0 aliphatic carbocycles. The molecule has 0 aromatic carbocycles. The minimum atomic E-state index is -1.16. The molecule has 0 bridgehead atoms. The maximum atomic E-state index is 10.3. The molecule has 0 saturated heterocycles. The Morgan fingerprint density at radius 3 is 2.18 bits per heavy atom. The molecule has 0 unspecified atom stereocenters. The molecule has 0 spiro atoms. The van der Waals surface area contributed by atoms with Crippen LogP contribution in [0, 0.1) is 0 Å². The third-order valence-electron chi connectivity index (χ3n) is 0.908. The third-order valence-corrected chi connectivity index (χ3v) is 1.46. The molecular weight excluding hydrogens is 364 g/mol. The Morgan fingerprint density at radius 2 is 1.91 bits per heavy atom. The van der Waals surface area contributed by atoms with Crippen LogP contribution in [0.25, 0.3) is 0 Å². The van der Waals surface area contributed by atoms with Crippen molar-refractivity contribution < 1.29 is 54.7 Å². The van der Waals surface area contributed by atoms with Crippen LogP contribution in [0.3, 0.4) is 0 Å². The van der Waals surface area contributed by atoms with Gasteiger partial charge in [0.2, 0.25) is 0 Å². The topological polar surface area (TPSA) is 51.2 Å². The van der Waals surface area contributed by atoms with Gasteiger partial charge in [-0.3, -0.25) is 0 Å². The molecule has 0 fully saturated rings. The molecule has 0 aromatic heterocycles. The van der Waals surface area contributed by atoms with E-state index in [0.717, 1.165) is 33.2 Å². The van der Waals surface area contributed by atoms with Crippen LogP contribution in [0.2, 0.25) is 0 Å². The van der Waals surface area contributed by atoms with Gasteiger partial charge in [-0.05, 0) is 0 Å². The van der Waals surface area contributed by atoms with E-state index in [1.165, 1.54) is 0 Å². The number of rotatable bonds is 4. The van der Waals surface area contributed by atoms with Gasteiger partial charge in [0.25, 0.3) is 0 Å². The van der Waals surface area contributed by atoms with Crippen LogP contribution in [-0.4, -0.2) is 19.8 Å². The molecule has 1 radical (unpaired) electrons. The number of unbranched alkanes of at least 4 members (excludes halogenated alkanes) is 1. The zero-order valence-corrected chi connectivity index (χ0v) is 12.3. The fraction of sp³-hybridized carbons (Fsp3) is 0.800. The van der Waals surface area contributed by atoms with Gasteiger partial charge >= 0.3 is 78.3 Å². The van der Waals surface area contributed by atoms with Gasteiger partial charge in [-0.25, -0.2) is 0 Å². The molecule has 0 heterocycles. The summed E-state index contributed by atoms with van der Waals surface area (Å²) in [6.45, 7) is 2.01. The number of carbonyl (C=O) groups excluding carboxylic acids is 1. The van der Waals surface area contributed by atoms with E-state index in [-0.39, 0.29) is 27.0 Å². The maximum Gasteiger partial charge on any atom is 0 e. The molecule has 0 saturated carbocycles. The third kappa shape index (κ3) is 18.3. The summed E-state index contributed by atoms with van der Waals surface area (Å²) < 4.78 is 18.0. The first-order chi connectivity index (χ1) is 4.81. The van der Waals surface area contributed by atoms with Crippen molar-refractivity contribution in [2.75, 3.05) is 0 Å². The predicted octanol–water partition coefficient (Wildman–Crippen LogP) is 0.629. The number of carbonyl (C=O) groups is 1. The van der Waals surface area contributed by atoms with E-state index in [9.17, 15) is 8.60 Å². The monoisotopic (exact) mass is 373 g/mol. The van der Waals surface area contributed by atoms with Gasteiger partial charge < -0.3 is 0 Å². The Balaban J connectivity index is -0.000000196. The standard InChI is InChI=1S/C5H9O.Al.2O.Ta.Ti/c1-2-3-4-5-6;;;;;/h2-4H2,1H3;;;;;. The Labute approximate surface area is 99.8 Å². The van der Waals surface area contributed by atoms with Gasteiger partial charge in [-0.1, -0.05) is 0 Å². The average molecular weight is 373 g/mol. The second kappa shape index (κ2) is 17.4. The van der Waals surface area contributed by atoms with Crippen LogP contribution in [0.15, 0.2) is 0 Å². The molecule has 0 aliphatic heterocycles. The van der Waals surface area contributed by atoms with Crippen molar-refractivity contribution in [2.24, 2.45) is 0 Å². The number of hydrogen-bond acceptors (Lipinski definition) is 3. The molecule has 0 rings (SSSR count). The molecule has 59 valence electrons. The first-order valence-electron chi connectivity index (χ1n) is 2.99. The quantitative estimate of drug-likeness (QED) is 0.680. The Bertz CT molecular complexity index is 112. The Morgan fingerprint density at radius 1 is 1.45 bits per heavy atom. The molecule has 0 amide bonds. The van der Waals surface area contributed by atoms with E-state index in [1.54, 1.807) is 0 Å². The largest absolute Gasteiger partial charge is 0 e. The Kier molecular flexibility index (Phi) is 28.6. The zero-order chi connectivity index (χ0) is 8.41. The van der Waals surface area contributed by atoms with Gasteiger partial charge in [0.1, 0.15) is 0 Å². The van der Waals surface area contributed by atoms with Crippen molar-refractivity contribution in [3.05, 3.63) is 0 Å². The fourth-order valence-corrected chi connectivity index (χ4v) is 0.732. The van der Waals surface area contributed by atoms with Gasteiger partial charge in [0.15, 0.2) is 0 Å². The molecule has 0 N–H and O–H groups in total. The van der Waals surface area contributed by atoms with E-state index in [0.29, 0.717) is 6.42 Å². The first kappa shape index (κ1) is 18.1. The molecule has 6 heteroatoms. The van der Waals surface area contributed by atoms with E-state index >= 15 is 0 Å². The second-order valence-electron chi connectivity index (χ2n) is 1.69. The summed E-state index contributed by atoms with van der Waals surface area (Å²) in [7, 11) is 0. The van der Waals surface area contributed by atoms with Crippen LogP contribution < -0.4 is 0 Å². The minimum absolute atomic E-state index is 0. The van der Waals surface area contributed by atoms with Crippen LogP contribution in [0.4, 0.5) is 0 Å². The summed E-state index contributed by atoms with van der Waals surface area (Å²) in [4.78, 5) is 10.3. The molecule has 3 nitrogen and oxygen atoms in total. The summed E-state index contributed by atoms with van der Waals surface area (Å²) in [6.07, 6.45) is 2.40. The van der Waals surface area contributed by atoms with E-state index in [1.807, 2.05) is 6.92 Å². The molecule has 0 aromatic rings. The maximum absolute atomic E-state index is 10.3. The molecule has 0 atom stereocenters. The fourth-order valence-electron chi connectivity index (χ4n) is 0.410. The van der Waals surface area contributed by atoms with Gasteiger partial charge in [-0.2, -0.15) is 0 Å². The van der Waals surface area contributed by atoms with Gasteiger partial charge in [0, 0.05) is 22.4 Å². The van der Waals surface area contributed by atoms with Gasteiger partial charge in [-0.15, -0.1) is 0 Å². The summed E-state index contributed by atoms with van der Waals surface area (Å²) >= 11 is -0.409. The van der Waals surface area contributed by atoms with E-state index < -0.39 is 15.2 Å². The Hall–Kier alpha value is 1.26. The number of hydrogen-bond donors (Lipinski definition) is 0. The van der Waals surface area contributed by atoms with Crippen LogP contribution in [0.5, 0.6) is 0 Å². The van der Waals surface area contributed by atoms with Crippen LogP contribution in [-0.2, 0) is 54.7 Å². The minimum Gasteiger partial charge on any atom is 0 e. The second-order valence-corrected chi connectivity index (χ2v) is 2.57. The van der Waals surface area contributed by atoms with Crippen molar-refractivity contribution in [1.82, 2.24) is 0 Å². The van der Waals surface area contributed by atoms with Crippen molar-refractivity contribution in [1.29, 1.82) is 0 Å². The summed E-state index contributed by atoms with van der Waals surface area (Å²) in [6, 6.07) is 0. The van der Waals surface area contributed by atoms with Crippen LogP contribution >= 0.6 is 0 Å². The smallest absolute Gasteiger partial charge is 0 e. The first-order valence-corrected chi connectivity index (χ1v) is 4.68. The molecule has 0 aliphatic rings. The summed E-state index contributed by atoms with van der Waals surface area (Å²) in [5.41, 5.74) is 0. The van der Waals surface area contributed by atoms with Crippen molar-refractivity contribution in [3.63, 3.8) is 0 Å². The van der Waals surface area contributed by atoms with Gasteiger partial charge in [0.05, 0.1) is 0 Å². The van der Waals surface area contributed by atoms with E-state index in [4.69, 9.17) is 3.32 Å².